The first-order valence-electron chi connectivity index (χ1n) is 5.02. The third kappa shape index (κ3) is 4.81. The van der Waals surface area contributed by atoms with Crippen molar-refractivity contribution in [2.75, 3.05) is 32.9 Å². The van der Waals surface area contributed by atoms with Gasteiger partial charge in [0.25, 0.3) is 0 Å². The van der Waals surface area contributed by atoms with Gasteiger partial charge in [0, 0.05) is 12.6 Å². The predicted octanol–water partition coefficient (Wildman–Crippen LogP) is 1.02. The fraction of sp³-hybridized carbons (Fsp3) is 1.00. The Kier molecular flexibility index (Phi) is 4.82. The summed E-state index contributed by atoms with van der Waals surface area (Å²) in [6.07, 6.45) is -2.35. The van der Waals surface area contributed by atoms with E-state index < -0.39 is 12.8 Å². The quantitative estimate of drug-likeness (QED) is 0.712. The van der Waals surface area contributed by atoms with Gasteiger partial charge in [-0.15, -0.1) is 0 Å². The zero-order valence-electron chi connectivity index (χ0n) is 8.46. The molecule has 1 fully saturated rings. The molecule has 1 rings (SSSR count). The van der Waals surface area contributed by atoms with Crippen LogP contribution in [0.3, 0.4) is 0 Å². The van der Waals surface area contributed by atoms with Crippen molar-refractivity contribution in [3.63, 3.8) is 0 Å². The highest BCUT2D eigenvalue weighted by atomic mass is 19.4. The van der Waals surface area contributed by atoms with Crippen LogP contribution in [0.5, 0.6) is 0 Å². The van der Waals surface area contributed by atoms with Crippen molar-refractivity contribution in [3.05, 3.63) is 0 Å². The Balaban J connectivity index is 2.09. The van der Waals surface area contributed by atoms with Crippen LogP contribution in [0.25, 0.3) is 0 Å². The molecule has 0 aromatic carbocycles. The van der Waals surface area contributed by atoms with Crippen molar-refractivity contribution in [3.8, 4) is 0 Å². The Hall–Kier alpha value is -0.330. The maximum atomic E-state index is 11.7. The summed E-state index contributed by atoms with van der Waals surface area (Å²) in [5, 5.41) is 8.96. The Morgan fingerprint density at radius 3 is 2.73 bits per heavy atom. The third-order valence-corrected chi connectivity index (χ3v) is 2.50. The minimum Gasteiger partial charge on any atom is -0.395 e. The molecular formula is C9H16F3NO2. The van der Waals surface area contributed by atoms with E-state index in [1.807, 2.05) is 4.90 Å². The van der Waals surface area contributed by atoms with Gasteiger partial charge in [-0.05, 0) is 19.4 Å². The van der Waals surface area contributed by atoms with Gasteiger partial charge < -0.3 is 9.84 Å². The fourth-order valence-corrected chi connectivity index (χ4v) is 1.77. The highest BCUT2D eigenvalue weighted by Crippen LogP contribution is 2.17. The summed E-state index contributed by atoms with van der Waals surface area (Å²) in [6.45, 7) is 0.238. The number of aliphatic hydroxyl groups excluding tert-OH is 1. The zero-order valence-corrected chi connectivity index (χ0v) is 8.46. The number of nitrogens with zero attached hydrogens (tertiary/aromatic N) is 1. The summed E-state index contributed by atoms with van der Waals surface area (Å²) in [5.41, 5.74) is 0. The molecule has 6 heteroatoms. The van der Waals surface area contributed by atoms with Gasteiger partial charge in [-0.1, -0.05) is 0 Å². The lowest BCUT2D eigenvalue weighted by Gasteiger charge is -2.22. The number of halogens is 3. The number of hydrogen-bond acceptors (Lipinski definition) is 3. The minimum atomic E-state index is -4.25. The van der Waals surface area contributed by atoms with Crippen molar-refractivity contribution in [1.82, 2.24) is 4.90 Å². The molecule has 15 heavy (non-hydrogen) atoms. The molecule has 1 aliphatic heterocycles. The second-order valence-electron chi connectivity index (χ2n) is 3.68. The third-order valence-electron chi connectivity index (χ3n) is 2.50. The molecule has 0 saturated carbocycles. The van der Waals surface area contributed by atoms with Crippen LogP contribution in [0.1, 0.15) is 12.8 Å². The van der Waals surface area contributed by atoms with Crippen molar-refractivity contribution in [2.24, 2.45) is 0 Å². The van der Waals surface area contributed by atoms with Gasteiger partial charge >= 0.3 is 6.18 Å². The predicted molar refractivity (Wildman–Crippen MR) is 48.6 cm³/mol. The van der Waals surface area contributed by atoms with Crippen molar-refractivity contribution in [2.45, 2.75) is 25.1 Å². The molecule has 1 saturated heterocycles. The molecule has 90 valence electrons. The van der Waals surface area contributed by atoms with Crippen LogP contribution in [0.4, 0.5) is 13.2 Å². The van der Waals surface area contributed by atoms with E-state index in [4.69, 9.17) is 5.11 Å². The number of likely N-dealkylation sites (tertiary alicyclic amines) is 1. The highest BCUT2D eigenvalue weighted by molar-refractivity contribution is 4.77. The van der Waals surface area contributed by atoms with E-state index >= 15 is 0 Å². The van der Waals surface area contributed by atoms with Crippen LogP contribution in [0, 0.1) is 0 Å². The number of hydrogen-bond donors (Lipinski definition) is 1. The monoisotopic (exact) mass is 227 g/mol. The molecule has 1 aliphatic rings. The SMILES string of the molecule is OCC1CCCN1CCOCC(F)(F)F. The Labute approximate surface area is 86.8 Å². The lowest BCUT2D eigenvalue weighted by Crippen LogP contribution is -2.35. The van der Waals surface area contributed by atoms with E-state index in [1.165, 1.54) is 0 Å². The van der Waals surface area contributed by atoms with E-state index in [2.05, 4.69) is 4.74 Å². The lowest BCUT2D eigenvalue weighted by atomic mass is 10.2. The lowest BCUT2D eigenvalue weighted by molar-refractivity contribution is -0.174. The first-order valence-corrected chi connectivity index (χ1v) is 5.02. The van der Waals surface area contributed by atoms with Gasteiger partial charge in [-0.25, -0.2) is 0 Å². The molecule has 0 aromatic heterocycles. The molecule has 0 aliphatic carbocycles. The summed E-state index contributed by atoms with van der Waals surface area (Å²) in [6, 6.07) is 0.0967. The standard InChI is InChI=1S/C9H16F3NO2/c10-9(11,12)7-15-5-4-13-3-1-2-8(13)6-14/h8,14H,1-7H2. The van der Waals surface area contributed by atoms with E-state index in [-0.39, 0.29) is 19.3 Å². The normalized spacial score (nSPS) is 23.6. The first kappa shape index (κ1) is 12.7. The number of rotatable bonds is 5. The molecule has 1 unspecified atom stereocenters. The number of aliphatic hydroxyl groups is 1. The first-order chi connectivity index (χ1) is 7.03. The van der Waals surface area contributed by atoms with E-state index in [0.29, 0.717) is 6.54 Å². The van der Waals surface area contributed by atoms with E-state index in [1.54, 1.807) is 0 Å². The molecular weight excluding hydrogens is 211 g/mol. The molecule has 1 heterocycles. The molecule has 0 amide bonds. The van der Waals surface area contributed by atoms with Crippen LogP contribution < -0.4 is 0 Å². The summed E-state index contributed by atoms with van der Waals surface area (Å²) in [5.74, 6) is 0. The molecule has 3 nitrogen and oxygen atoms in total. The molecule has 0 spiro atoms. The van der Waals surface area contributed by atoms with Crippen molar-refractivity contribution < 1.29 is 23.0 Å². The van der Waals surface area contributed by atoms with Gasteiger partial charge in [0.2, 0.25) is 0 Å². The maximum absolute atomic E-state index is 11.7. The van der Waals surface area contributed by atoms with Crippen LogP contribution >= 0.6 is 0 Å². The largest absolute Gasteiger partial charge is 0.411 e. The fourth-order valence-electron chi connectivity index (χ4n) is 1.77. The second-order valence-corrected chi connectivity index (χ2v) is 3.68. The van der Waals surface area contributed by atoms with Gasteiger partial charge in [0.05, 0.1) is 13.2 Å². The Bertz CT molecular complexity index is 187. The highest BCUT2D eigenvalue weighted by Gasteiger charge is 2.28. The van der Waals surface area contributed by atoms with Gasteiger partial charge in [0.1, 0.15) is 6.61 Å². The average Bonchev–Trinajstić information content (AvgIpc) is 2.58. The average molecular weight is 227 g/mol. The topological polar surface area (TPSA) is 32.7 Å². The smallest absolute Gasteiger partial charge is 0.395 e. The van der Waals surface area contributed by atoms with Crippen LogP contribution in [0.15, 0.2) is 0 Å². The van der Waals surface area contributed by atoms with E-state index in [9.17, 15) is 13.2 Å². The second kappa shape index (κ2) is 5.67. The van der Waals surface area contributed by atoms with Gasteiger partial charge in [-0.2, -0.15) is 13.2 Å². The van der Waals surface area contributed by atoms with Crippen molar-refractivity contribution in [1.29, 1.82) is 0 Å². The molecule has 0 radical (unpaired) electrons. The van der Waals surface area contributed by atoms with Crippen LogP contribution in [-0.2, 0) is 4.74 Å². The van der Waals surface area contributed by atoms with Crippen LogP contribution in [0.2, 0.25) is 0 Å². The summed E-state index contributed by atoms with van der Waals surface area (Å²) >= 11 is 0. The molecule has 1 atom stereocenters. The number of alkyl halides is 3. The molecule has 0 aromatic rings. The Morgan fingerprint density at radius 1 is 1.40 bits per heavy atom. The summed E-state index contributed by atoms with van der Waals surface area (Å²) in [7, 11) is 0. The van der Waals surface area contributed by atoms with Crippen LogP contribution in [-0.4, -0.2) is 55.1 Å². The minimum absolute atomic E-state index is 0.0655. The Morgan fingerprint density at radius 2 is 2.13 bits per heavy atom. The van der Waals surface area contributed by atoms with E-state index in [0.717, 1.165) is 19.4 Å². The molecule has 0 bridgehead atoms. The number of ether oxygens (including phenoxy) is 1. The van der Waals surface area contributed by atoms with Gasteiger partial charge in [-0.3, -0.25) is 4.90 Å². The van der Waals surface area contributed by atoms with Crippen molar-refractivity contribution >= 4 is 0 Å². The van der Waals surface area contributed by atoms with Gasteiger partial charge in [0.15, 0.2) is 0 Å². The summed E-state index contributed by atoms with van der Waals surface area (Å²) in [4.78, 5) is 1.97. The molecule has 1 N–H and O–H groups in total. The maximum Gasteiger partial charge on any atom is 0.411 e. The zero-order chi connectivity index (χ0) is 11.3. The summed E-state index contributed by atoms with van der Waals surface area (Å²) < 4.78 is 39.7.